The predicted molar refractivity (Wildman–Crippen MR) is 57.1 cm³/mol. The fourth-order valence-corrected chi connectivity index (χ4v) is 2.59. The number of hydrogen-bond donors (Lipinski definition) is 1. The highest BCUT2D eigenvalue weighted by Crippen LogP contribution is 2.36. The molecule has 2 aliphatic rings. The van der Waals surface area contributed by atoms with Gasteiger partial charge in [-0.3, -0.25) is 0 Å². The summed E-state index contributed by atoms with van der Waals surface area (Å²) in [6.45, 7) is 5.11. The molecule has 3 nitrogen and oxygen atoms in total. The monoisotopic (exact) mass is 198 g/mol. The zero-order valence-corrected chi connectivity index (χ0v) is 9.17. The Hall–Kier alpha value is -0.120. The van der Waals surface area contributed by atoms with Crippen LogP contribution in [0.2, 0.25) is 0 Å². The first kappa shape index (κ1) is 10.4. The van der Waals surface area contributed by atoms with Gasteiger partial charge in [-0.05, 0) is 45.3 Å². The van der Waals surface area contributed by atoms with E-state index in [4.69, 9.17) is 10.5 Å². The van der Waals surface area contributed by atoms with Crippen LogP contribution in [-0.2, 0) is 4.74 Å². The van der Waals surface area contributed by atoms with E-state index in [1.807, 2.05) is 0 Å². The van der Waals surface area contributed by atoms with Crippen LogP contribution in [0.25, 0.3) is 0 Å². The van der Waals surface area contributed by atoms with Crippen molar-refractivity contribution in [1.29, 1.82) is 0 Å². The average molecular weight is 198 g/mol. The Kier molecular flexibility index (Phi) is 3.10. The highest BCUT2D eigenvalue weighted by atomic mass is 16.5. The Labute approximate surface area is 86.6 Å². The largest absolute Gasteiger partial charge is 0.380 e. The predicted octanol–water partition coefficient (Wildman–Crippen LogP) is 0.694. The summed E-state index contributed by atoms with van der Waals surface area (Å²) < 4.78 is 5.30. The summed E-state index contributed by atoms with van der Waals surface area (Å²) >= 11 is 0. The molecule has 0 amide bonds. The Balaban J connectivity index is 1.79. The fourth-order valence-electron chi connectivity index (χ4n) is 2.59. The number of likely N-dealkylation sites (tertiary alicyclic amines) is 1. The summed E-state index contributed by atoms with van der Waals surface area (Å²) in [6, 6.07) is 0. The topological polar surface area (TPSA) is 38.5 Å². The van der Waals surface area contributed by atoms with Crippen LogP contribution in [0.3, 0.4) is 0 Å². The van der Waals surface area contributed by atoms with Gasteiger partial charge in [-0.2, -0.15) is 0 Å². The molecular weight excluding hydrogens is 176 g/mol. The lowest BCUT2D eigenvalue weighted by Gasteiger charge is -2.44. The Bertz CT molecular complexity index is 178. The maximum atomic E-state index is 5.82. The van der Waals surface area contributed by atoms with Gasteiger partial charge in [0.1, 0.15) is 0 Å². The normalized spacial score (nSPS) is 28.7. The molecule has 0 spiro atoms. The molecule has 0 aromatic carbocycles. The molecule has 0 saturated carbocycles. The zero-order valence-electron chi connectivity index (χ0n) is 9.17. The molecule has 0 aliphatic carbocycles. The zero-order chi connectivity index (χ0) is 10.0. The van der Waals surface area contributed by atoms with Gasteiger partial charge in [-0.1, -0.05) is 0 Å². The number of ether oxygens (including phenoxy) is 1. The Morgan fingerprint density at radius 1 is 1.36 bits per heavy atom. The molecule has 2 saturated heterocycles. The Morgan fingerprint density at radius 3 is 2.43 bits per heavy atom. The third-order valence-electron chi connectivity index (χ3n) is 3.81. The second kappa shape index (κ2) is 4.17. The van der Waals surface area contributed by atoms with E-state index in [0.29, 0.717) is 5.41 Å². The lowest BCUT2D eigenvalue weighted by Crippen LogP contribution is -2.50. The maximum Gasteiger partial charge on any atom is 0.0557 e. The van der Waals surface area contributed by atoms with Crippen LogP contribution in [0, 0.1) is 11.3 Å². The van der Waals surface area contributed by atoms with Crippen molar-refractivity contribution in [3.05, 3.63) is 0 Å². The van der Waals surface area contributed by atoms with Crippen LogP contribution in [-0.4, -0.2) is 44.8 Å². The Morgan fingerprint density at radius 2 is 2.00 bits per heavy atom. The van der Waals surface area contributed by atoms with Crippen LogP contribution >= 0.6 is 0 Å². The molecule has 2 fully saturated rings. The van der Waals surface area contributed by atoms with E-state index in [-0.39, 0.29) is 0 Å². The third-order valence-corrected chi connectivity index (χ3v) is 3.81. The summed E-state index contributed by atoms with van der Waals surface area (Å²) in [7, 11) is 2.21. The molecule has 0 radical (unpaired) electrons. The van der Waals surface area contributed by atoms with E-state index in [1.54, 1.807) is 0 Å². The number of nitrogens with two attached hydrogens (primary N) is 1. The first-order valence-corrected chi connectivity index (χ1v) is 5.70. The summed E-state index contributed by atoms with van der Waals surface area (Å²) in [5.41, 5.74) is 6.17. The first-order chi connectivity index (χ1) is 6.74. The first-order valence-electron chi connectivity index (χ1n) is 5.70. The minimum Gasteiger partial charge on any atom is -0.380 e. The van der Waals surface area contributed by atoms with Gasteiger partial charge in [0.15, 0.2) is 0 Å². The second-order valence-corrected chi connectivity index (χ2v) is 5.15. The van der Waals surface area contributed by atoms with E-state index in [0.717, 1.165) is 25.7 Å². The summed E-state index contributed by atoms with van der Waals surface area (Å²) in [4.78, 5) is 2.42. The van der Waals surface area contributed by atoms with E-state index in [1.165, 1.54) is 32.4 Å². The van der Waals surface area contributed by atoms with E-state index in [2.05, 4.69) is 11.9 Å². The quantitative estimate of drug-likeness (QED) is 0.725. The van der Waals surface area contributed by atoms with Crippen molar-refractivity contribution < 1.29 is 4.74 Å². The van der Waals surface area contributed by atoms with Gasteiger partial charge in [0.2, 0.25) is 0 Å². The number of hydrogen-bond acceptors (Lipinski definition) is 3. The van der Waals surface area contributed by atoms with Crippen molar-refractivity contribution in [1.82, 2.24) is 4.90 Å². The van der Waals surface area contributed by atoms with E-state index in [9.17, 15) is 0 Å². The molecule has 2 N–H and O–H groups in total. The molecule has 2 heterocycles. The standard InChI is InChI=1S/C11H22N2O/c1-13-4-2-10(3-5-13)6-11(7-12)8-14-9-11/h10H,2-9,12H2,1H3. The lowest BCUT2D eigenvalue weighted by atomic mass is 9.75. The van der Waals surface area contributed by atoms with Gasteiger partial charge in [-0.15, -0.1) is 0 Å². The van der Waals surface area contributed by atoms with Crippen molar-refractivity contribution in [3.63, 3.8) is 0 Å². The van der Waals surface area contributed by atoms with Crippen molar-refractivity contribution in [2.75, 3.05) is 39.9 Å². The number of piperidine rings is 1. The molecule has 14 heavy (non-hydrogen) atoms. The van der Waals surface area contributed by atoms with E-state index < -0.39 is 0 Å². The molecule has 82 valence electrons. The smallest absolute Gasteiger partial charge is 0.0557 e. The summed E-state index contributed by atoms with van der Waals surface area (Å²) in [5.74, 6) is 0.888. The fraction of sp³-hybridized carbons (Fsp3) is 1.00. The number of nitrogens with zero attached hydrogens (tertiary/aromatic N) is 1. The molecular formula is C11H22N2O. The van der Waals surface area contributed by atoms with Crippen LogP contribution in [0.15, 0.2) is 0 Å². The van der Waals surface area contributed by atoms with Gasteiger partial charge in [-0.25, -0.2) is 0 Å². The second-order valence-electron chi connectivity index (χ2n) is 5.15. The van der Waals surface area contributed by atoms with Gasteiger partial charge in [0.25, 0.3) is 0 Å². The van der Waals surface area contributed by atoms with Gasteiger partial charge < -0.3 is 15.4 Å². The van der Waals surface area contributed by atoms with Gasteiger partial charge in [0.05, 0.1) is 13.2 Å². The minimum absolute atomic E-state index is 0.348. The van der Waals surface area contributed by atoms with Gasteiger partial charge in [0, 0.05) is 12.0 Å². The maximum absolute atomic E-state index is 5.82. The molecule has 0 bridgehead atoms. The average Bonchev–Trinajstić information content (AvgIpc) is 2.15. The van der Waals surface area contributed by atoms with Crippen molar-refractivity contribution >= 4 is 0 Å². The highest BCUT2D eigenvalue weighted by molar-refractivity contribution is 4.89. The van der Waals surface area contributed by atoms with Crippen LogP contribution in [0.5, 0.6) is 0 Å². The molecule has 2 rings (SSSR count). The van der Waals surface area contributed by atoms with Crippen molar-refractivity contribution in [3.8, 4) is 0 Å². The highest BCUT2D eigenvalue weighted by Gasteiger charge is 2.39. The van der Waals surface area contributed by atoms with Crippen molar-refractivity contribution in [2.45, 2.75) is 19.3 Å². The molecule has 0 aromatic rings. The van der Waals surface area contributed by atoms with Crippen molar-refractivity contribution in [2.24, 2.45) is 17.1 Å². The van der Waals surface area contributed by atoms with Crippen LogP contribution in [0.4, 0.5) is 0 Å². The molecule has 0 unspecified atom stereocenters. The van der Waals surface area contributed by atoms with Gasteiger partial charge >= 0.3 is 0 Å². The van der Waals surface area contributed by atoms with Crippen LogP contribution in [0.1, 0.15) is 19.3 Å². The molecule has 0 atom stereocenters. The van der Waals surface area contributed by atoms with Crippen LogP contribution < -0.4 is 5.73 Å². The summed E-state index contributed by atoms with van der Waals surface area (Å²) in [5, 5.41) is 0. The summed E-state index contributed by atoms with van der Waals surface area (Å²) in [6.07, 6.45) is 3.98. The molecule has 0 aromatic heterocycles. The van der Waals surface area contributed by atoms with E-state index >= 15 is 0 Å². The lowest BCUT2D eigenvalue weighted by molar-refractivity contribution is -0.120. The minimum atomic E-state index is 0.348. The SMILES string of the molecule is CN1CCC(CC2(CN)COC2)CC1. The third kappa shape index (κ3) is 2.10. The molecule has 3 heteroatoms. The number of rotatable bonds is 3. The molecule has 2 aliphatic heterocycles.